The number of hydrogen-bond donors (Lipinski definition) is 0. The molecule has 1 aliphatic heterocycles. The molecule has 0 N–H and O–H groups in total. The number of halogens is 3. The molecule has 0 unspecified atom stereocenters. The molecule has 0 bridgehead atoms. The molecule has 0 amide bonds. The Hall–Kier alpha value is -1.10. The summed E-state index contributed by atoms with van der Waals surface area (Å²) in [5, 5.41) is 0. The third-order valence-electron chi connectivity index (χ3n) is 3.18. The largest absolute Gasteiger partial charge is 0.297 e. The molecule has 5 heteroatoms. The topological polar surface area (TPSA) is 16.1 Å². The fourth-order valence-electron chi connectivity index (χ4n) is 2.07. The van der Waals surface area contributed by atoms with Gasteiger partial charge in [0, 0.05) is 12.6 Å². The van der Waals surface area contributed by atoms with Crippen LogP contribution in [0, 0.1) is 17.6 Å². The molecule has 17 heavy (non-hydrogen) atoms. The number of pyridine rings is 1. The Morgan fingerprint density at radius 1 is 1.29 bits per heavy atom. The van der Waals surface area contributed by atoms with Gasteiger partial charge in [0.25, 0.3) is 0 Å². The number of likely N-dealkylation sites (tertiary alicyclic amines) is 1. The molecule has 1 saturated heterocycles. The zero-order chi connectivity index (χ0) is 12.3. The van der Waals surface area contributed by atoms with E-state index in [0.717, 1.165) is 38.2 Å². The highest BCUT2D eigenvalue weighted by molar-refractivity contribution is 5.08. The summed E-state index contributed by atoms with van der Waals surface area (Å²) in [5.41, 5.74) is 0.255. The van der Waals surface area contributed by atoms with Crippen molar-refractivity contribution in [2.45, 2.75) is 19.4 Å². The van der Waals surface area contributed by atoms with Crippen LogP contribution in [0.1, 0.15) is 18.5 Å². The van der Waals surface area contributed by atoms with Gasteiger partial charge in [-0.3, -0.25) is 14.3 Å². The minimum absolute atomic E-state index is 0.136. The highest BCUT2D eigenvalue weighted by Crippen LogP contribution is 2.19. The van der Waals surface area contributed by atoms with E-state index >= 15 is 0 Å². The highest BCUT2D eigenvalue weighted by atomic mass is 19.1. The molecule has 0 saturated carbocycles. The highest BCUT2D eigenvalue weighted by Gasteiger charge is 2.20. The second kappa shape index (κ2) is 5.49. The first-order valence-electron chi connectivity index (χ1n) is 5.77. The van der Waals surface area contributed by atoms with E-state index in [1.54, 1.807) is 0 Å². The summed E-state index contributed by atoms with van der Waals surface area (Å²) in [7, 11) is 0. The van der Waals surface area contributed by atoms with Crippen molar-refractivity contribution >= 4 is 0 Å². The van der Waals surface area contributed by atoms with E-state index in [4.69, 9.17) is 0 Å². The maximum atomic E-state index is 13.4. The molecular weight excluding hydrogens is 229 g/mol. The lowest BCUT2D eigenvalue weighted by Gasteiger charge is -2.30. The molecule has 0 radical (unpaired) electrons. The average Bonchev–Trinajstić information content (AvgIpc) is 2.34. The molecule has 2 nitrogen and oxygen atoms in total. The fraction of sp³-hybridized carbons (Fsp3) is 0.583. The number of nitrogens with zero attached hydrogens (tertiary/aromatic N) is 2. The fourth-order valence-corrected chi connectivity index (χ4v) is 2.07. The molecule has 1 aliphatic rings. The Labute approximate surface area is 98.5 Å². The van der Waals surface area contributed by atoms with Crippen molar-refractivity contribution in [2.75, 3.05) is 19.8 Å². The predicted molar refractivity (Wildman–Crippen MR) is 58.1 cm³/mol. The lowest BCUT2D eigenvalue weighted by molar-refractivity contribution is 0.156. The molecule has 2 heterocycles. The first-order valence-corrected chi connectivity index (χ1v) is 5.77. The van der Waals surface area contributed by atoms with Crippen molar-refractivity contribution in [1.82, 2.24) is 9.88 Å². The monoisotopic (exact) mass is 244 g/mol. The van der Waals surface area contributed by atoms with Gasteiger partial charge >= 0.3 is 0 Å². The van der Waals surface area contributed by atoms with Crippen LogP contribution in [-0.4, -0.2) is 29.6 Å². The van der Waals surface area contributed by atoms with Gasteiger partial charge in [-0.1, -0.05) is 0 Å². The van der Waals surface area contributed by atoms with E-state index in [1.807, 2.05) is 4.90 Å². The van der Waals surface area contributed by atoms with Gasteiger partial charge in [-0.15, -0.1) is 0 Å². The first kappa shape index (κ1) is 12.4. The maximum absolute atomic E-state index is 13.4. The lowest BCUT2D eigenvalue weighted by Crippen LogP contribution is -2.34. The third-order valence-corrected chi connectivity index (χ3v) is 3.18. The quantitative estimate of drug-likeness (QED) is 0.812. The van der Waals surface area contributed by atoms with Crippen LogP contribution >= 0.6 is 0 Å². The van der Waals surface area contributed by atoms with Gasteiger partial charge in [-0.05, 0) is 31.8 Å². The van der Waals surface area contributed by atoms with Gasteiger partial charge in [0.2, 0.25) is 0 Å². The van der Waals surface area contributed by atoms with E-state index in [0.29, 0.717) is 6.54 Å². The number of rotatable bonds is 3. The Morgan fingerprint density at radius 3 is 2.59 bits per heavy atom. The normalized spacial score (nSPS) is 18.5. The molecule has 1 aromatic rings. The van der Waals surface area contributed by atoms with Crippen LogP contribution in [0.2, 0.25) is 0 Å². The minimum atomic E-state index is -0.664. The zero-order valence-corrected chi connectivity index (χ0v) is 9.50. The third kappa shape index (κ3) is 3.19. The first-order chi connectivity index (χ1) is 8.19. The SMILES string of the molecule is FCC1CCN(Cc2ncc(F)cc2F)CC1. The van der Waals surface area contributed by atoms with Gasteiger partial charge in [0.05, 0.1) is 18.6 Å². The van der Waals surface area contributed by atoms with Crippen molar-refractivity contribution < 1.29 is 13.2 Å². The average molecular weight is 244 g/mol. The molecule has 0 atom stereocenters. The van der Waals surface area contributed by atoms with Crippen molar-refractivity contribution in [3.05, 3.63) is 29.6 Å². The van der Waals surface area contributed by atoms with Crippen LogP contribution in [0.25, 0.3) is 0 Å². The van der Waals surface area contributed by atoms with Crippen LogP contribution in [0.3, 0.4) is 0 Å². The summed E-state index contributed by atoms with van der Waals surface area (Å²) in [5.74, 6) is -1.14. The Kier molecular flexibility index (Phi) is 3.99. The molecule has 2 rings (SSSR count). The van der Waals surface area contributed by atoms with Crippen molar-refractivity contribution in [3.8, 4) is 0 Å². The van der Waals surface area contributed by atoms with Gasteiger partial charge in [0.1, 0.15) is 11.6 Å². The number of piperidine rings is 1. The second-order valence-corrected chi connectivity index (χ2v) is 4.46. The summed E-state index contributed by atoms with van der Waals surface area (Å²) in [6.45, 7) is 1.57. The summed E-state index contributed by atoms with van der Waals surface area (Å²) in [6, 6.07) is 0.844. The standard InChI is InChI=1S/C12H15F3N2/c13-6-9-1-3-17(4-2-9)8-12-11(15)5-10(14)7-16-12/h5,7,9H,1-4,6,8H2. The summed E-state index contributed by atoms with van der Waals surface area (Å²) < 4.78 is 38.4. The lowest BCUT2D eigenvalue weighted by atomic mass is 9.98. The van der Waals surface area contributed by atoms with E-state index in [9.17, 15) is 13.2 Å². The Morgan fingerprint density at radius 2 is 2.00 bits per heavy atom. The summed E-state index contributed by atoms with van der Waals surface area (Å²) in [6.07, 6.45) is 2.60. The van der Waals surface area contributed by atoms with Crippen LogP contribution < -0.4 is 0 Å². The predicted octanol–water partition coefficient (Wildman–Crippen LogP) is 2.54. The molecule has 0 aliphatic carbocycles. The molecule has 1 fully saturated rings. The van der Waals surface area contributed by atoms with Gasteiger partial charge in [-0.2, -0.15) is 0 Å². The smallest absolute Gasteiger partial charge is 0.148 e. The molecule has 0 aromatic carbocycles. The number of hydrogen-bond acceptors (Lipinski definition) is 2. The maximum Gasteiger partial charge on any atom is 0.148 e. The second-order valence-electron chi connectivity index (χ2n) is 4.46. The molecule has 1 aromatic heterocycles. The van der Waals surface area contributed by atoms with Crippen LogP contribution in [-0.2, 0) is 6.54 Å². The van der Waals surface area contributed by atoms with E-state index in [1.165, 1.54) is 0 Å². The van der Waals surface area contributed by atoms with Crippen molar-refractivity contribution in [1.29, 1.82) is 0 Å². The summed E-state index contributed by atoms with van der Waals surface area (Å²) >= 11 is 0. The molecular formula is C12H15F3N2. The van der Waals surface area contributed by atoms with Crippen LogP contribution in [0.4, 0.5) is 13.2 Å². The minimum Gasteiger partial charge on any atom is -0.297 e. The molecule has 94 valence electrons. The van der Waals surface area contributed by atoms with Gasteiger partial charge in [0.15, 0.2) is 0 Å². The molecule has 0 spiro atoms. The van der Waals surface area contributed by atoms with Crippen LogP contribution in [0.5, 0.6) is 0 Å². The number of alkyl halides is 1. The van der Waals surface area contributed by atoms with Crippen LogP contribution in [0.15, 0.2) is 12.3 Å². The zero-order valence-electron chi connectivity index (χ0n) is 9.50. The van der Waals surface area contributed by atoms with E-state index in [2.05, 4.69) is 4.98 Å². The van der Waals surface area contributed by atoms with E-state index in [-0.39, 0.29) is 18.3 Å². The van der Waals surface area contributed by atoms with Crippen molar-refractivity contribution in [2.24, 2.45) is 5.92 Å². The van der Waals surface area contributed by atoms with Crippen molar-refractivity contribution in [3.63, 3.8) is 0 Å². The summed E-state index contributed by atoms with van der Waals surface area (Å²) in [4.78, 5) is 5.77. The van der Waals surface area contributed by atoms with E-state index < -0.39 is 11.6 Å². The Bertz CT molecular complexity index is 376. The Balaban J connectivity index is 1.93. The van der Waals surface area contributed by atoms with Gasteiger partial charge < -0.3 is 0 Å². The number of aromatic nitrogens is 1. The van der Waals surface area contributed by atoms with Gasteiger partial charge in [-0.25, -0.2) is 8.78 Å².